The van der Waals surface area contributed by atoms with E-state index in [1.54, 1.807) is 11.1 Å². The van der Waals surface area contributed by atoms with Crippen molar-refractivity contribution in [1.82, 2.24) is 9.88 Å². The summed E-state index contributed by atoms with van der Waals surface area (Å²) in [6.07, 6.45) is 1.76. The summed E-state index contributed by atoms with van der Waals surface area (Å²) in [7, 11) is 0. The molecule has 1 aliphatic rings. The molecule has 4 aromatic rings. The minimum atomic E-state index is -0.554. The molecule has 1 fully saturated rings. The molecule has 0 saturated carbocycles. The van der Waals surface area contributed by atoms with Crippen molar-refractivity contribution >= 4 is 50.9 Å². The molecule has 1 aromatic heterocycles. The number of nitrogens with one attached hydrogen (secondary N) is 1. The minimum Gasteiger partial charge on any atom is -0.326 e. The van der Waals surface area contributed by atoms with E-state index in [9.17, 15) is 9.59 Å². The molecule has 1 saturated heterocycles. The normalized spacial score (nSPS) is 16.7. The zero-order valence-electron chi connectivity index (χ0n) is 19.2. The number of carbonyl (C=O) groups excluding carboxylic acids is 2. The van der Waals surface area contributed by atoms with Gasteiger partial charge in [-0.25, -0.2) is 4.99 Å². The highest BCUT2D eigenvalue weighted by molar-refractivity contribution is 8.15. The standard InChI is InChI=1S/C28H24N4O2S/c1-19-8-2-5-12-24(19)31-28-32(18-23-11-6-7-15-29-23)27(34)25(35-28)17-26(33)30-22-14-13-20-9-3-4-10-21(20)16-22/h2-16,25H,17-18H2,1H3,(H,30,33)/t25-/m0/s1. The third kappa shape index (κ3) is 5.25. The number of aliphatic imine (C=N–C) groups is 1. The van der Waals surface area contributed by atoms with Crippen molar-refractivity contribution in [2.24, 2.45) is 4.99 Å². The van der Waals surface area contributed by atoms with E-state index in [-0.39, 0.29) is 18.2 Å². The van der Waals surface area contributed by atoms with Crippen LogP contribution >= 0.6 is 11.8 Å². The van der Waals surface area contributed by atoms with Crippen LogP contribution in [0.4, 0.5) is 11.4 Å². The van der Waals surface area contributed by atoms with Crippen LogP contribution in [0.1, 0.15) is 17.7 Å². The number of aryl methyl sites for hydroxylation is 1. The number of nitrogens with zero attached hydrogens (tertiary/aromatic N) is 3. The van der Waals surface area contributed by atoms with Crippen LogP contribution in [0, 0.1) is 6.92 Å². The Labute approximate surface area is 208 Å². The smallest absolute Gasteiger partial charge is 0.243 e. The fourth-order valence-electron chi connectivity index (χ4n) is 3.96. The molecular formula is C28H24N4O2S. The average Bonchev–Trinajstić information content (AvgIpc) is 3.14. The van der Waals surface area contributed by atoms with Crippen LogP contribution < -0.4 is 5.32 Å². The average molecular weight is 481 g/mol. The van der Waals surface area contributed by atoms with E-state index < -0.39 is 5.25 Å². The lowest BCUT2D eigenvalue weighted by Gasteiger charge is -2.16. The zero-order valence-corrected chi connectivity index (χ0v) is 20.0. The van der Waals surface area contributed by atoms with E-state index in [1.807, 2.05) is 91.9 Å². The van der Waals surface area contributed by atoms with E-state index in [0.717, 1.165) is 27.7 Å². The van der Waals surface area contributed by atoms with E-state index in [2.05, 4.69) is 10.3 Å². The van der Waals surface area contributed by atoms with Crippen LogP contribution in [0.5, 0.6) is 0 Å². The number of amides is 2. The molecule has 1 aliphatic heterocycles. The predicted octanol–water partition coefficient (Wildman–Crippen LogP) is 5.70. The van der Waals surface area contributed by atoms with Gasteiger partial charge in [-0.05, 0) is 53.6 Å². The first kappa shape index (κ1) is 22.8. The first-order chi connectivity index (χ1) is 17.1. The van der Waals surface area contributed by atoms with Crippen LogP contribution in [-0.4, -0.2) is 32.1 Å². The Bertz CT molecular complexity index is 1420. The summed E-state index contributed by atoms with van der Waals surface area (Å²) in [6.45, 7) is 2.29. The number of pyridine rings is 1. The second kappa shape index (κ2) is 10.1. The van der Waals surface area contributed by atoms with Crippen molar-refractivity contribution in [3.63, 3.8) is 0 Å². The lowest BCUT2D eigenvalue weighted by atomic mass is 10.1. The van der Waals surface area contributed by atoms with E-state index >= 15 is 0 Å². The Hall–Kier alpha value is -3.97. The summed E-state index contributed by atoms with van der Waals surface area (Å²) in [5.74, 6) is -0.345. The predicted molar refractivity (Wildman–Crippen MR) is 142 cm³/mol. The number of hydrogen-bond donors (Lipinski definition) is 1. The van der Waals surface area contributed by atoms with Crippen molar-refractivity contribution in [1.29, 1.82) is 0 Å². The molecule has 1 atom stereocenters. The number of aromatic nitrogens is 1. The molecule has 35 heavy (non-hydrogen) atoms. The third-order valence-corrected chi connectivity index (χ3v) is 6.98. The van der Waals surface area contributed by atoms with Gasteiger partial charge < -0.3 is 5.32 Å². The number of carbonyl (C=O) groups is 2. The summed E-state index contributed by atoms with van der Waals surface area (Å²) in [6, 6.07) is 27.2. The molecule has 6 nitrogen and oxygen atoms in total. The fraction of sp³-hybridized carbons (Fsp3) is 0.143. The van der Waals surface area contributed by atoms with E-state index in [0.29, 0.717) is 17.4 Å². The van der Waals surface area contributed by atoms with Crippen molar-refractivity contribution in [2.75, 3.05) is 5.32 Å². The molecule has 0 radical (unpaired) electrons. The maximum Gasteiger partial charge on any atom is 0.243 e. The highest BCUT2D eigenvalue weighted by Crippen LogP contribution is 2.33. The maximum atomic E-state index is 13.4. The van der Waals surface area contributed by atoms with Crippen molar-refractivity contribution in [2.45, 2.75) is 25.1 Å². The van der Waals surface area contributed by atoms with Gasteiger partial charge in [-0.2, -0.15) is 0 Å². The second-order valence-electron chi connectivity index (χ2n) is 8.35. The van der Waals surface area contributed by atoms with Gasteiger partial charge in [-0.15, -0.1) is 0 Å². The second-order valence-corrected chi connectivity index (χ2v) is 9.52. The molecule has 7 heteroatoms. The van der Waals surface area contributed by atoms with Crippen molar-refractivity contribution < 1.29 is 9.59 Å². The first-order valence-corrected chi connectivity index (χ1v) is 12.3. The van der Waals surface area contributed by atoms with Gasteiger partial charge in [0.2, 0.25) is 11.8 Å². The van der Waals surface area contributed by atoms with Crippen molar-refractivity contribution in [3.8, 4) is 0 Å². The van der Waals surface area contributed by atoms with Gasteiger partial charge in [0.1, 0.15) is 5.25 Å². The SMILES string of the molecule is Cc1ccccc1N=C1S[C@@H](CC(=O)Nc2ccc3ccccc3c2)C(=O)N1Cc1ccccn1. The molecule has 2 amide bonds. The van der Waals surface area contributed by atoms with E-state index in [1.165, 1.54) is 11.8 Å². The first-order valence-electron chi connectivity index (χ1n) is 11.4. The lowest BCUT2D eigenvalue weighted by Crippen LogP contribution is -2.33. The minimum absolute atomic E-state index is 0.0574. The zero-order chi connectivity index (χ0) is 24.2. The van der Waals surface area contributed by atoms with E-state index in [4.69, 9.17) is 4.99 Å². The van der Waals surface area contributed by atoms with Crippen LogP contribution in [-0.2, 0) is 16.1 Å². The van der Waals surface area contributed by atoms with Gasteiger partial charge in [0.25, 0.3) is 0 Å². The quantitative estimate of drug-likeness (QED) is 0.384. The number of anilines is 1. The van der Waals surface area contributed by atoms with Gasteiger partial charge in [0.15, 0.2) is 5.17 Å². The summed E-state index contributed by atoms with van der Waals surface area (Å²) in [5.41, 5.74) is 3.29. The number of fused-ring (bicyclic) bond motifs is 1. The number of hydrogen-bond acceptors (Lipinski definition) is 5. The Kier molecular flexibility index (Phi) is 6.59. The summed E-state index contributed by atoms with van der Waals surface area (Å²) >= 11 is 1.33. The van der Waals surface area contributed by atoms with Crippen LogP contribution in [0.25, 0.3) is 10.8 Å². The highest BCUT2D eigenvalue weighted by atomic mass is 32.2. The molecule has 0 unspecified atom stereocenters. The topological polar surface area (TPSA) is 74.7 Å². The highest BCUT2D eigenvalue weighted by Gasteiger charge is 2.39. The van der Waals surface area contributed by atoms with Crippen molar-refractivity contribution in [3.05, 3.63) is 102 Å². The van der Waals surface area contributed by atoms with Crippen LogP contribution in [0.15, 0.2) is 96.1 Å². The van der Waals surface area contributed by atoms with Gasteiger partial charge in [0.05, 0.1) is 17.9 Å². The van der Waals surface area contributed by atoms with Gasteiger partial charge in [0, 0.05) is 18.3 Å². The van der Waals surface area contributed by atoms with Gasteiger partial charge >= 0.3 is 0 Å². The van der Waals surface area contributed by atoms with Gasteiger partial charge in [-0.1, -0.05) is 66.4 Å². The summed E-state index contributed by atoms with van der Waals surface area (Å²) < 4.78 is 0. The Morgan fingerprint density at radius 3 is 2.57 bits per heavy atom. The number of rotatable bonds is 6. The van der Waals surface area contributed by atoms with Gasteiger partial charge in [-0.3, -0.25) is 19.5 Å². The molecule has 0 aliphatic carbocycles. The number of amidine groups is 1. The molecule has 174 valence electrons. The monoisotopic (exact) mass is 480 g/mol. The lowest BCUT2D eigenvalue weighted by molar-refractivity contribution is -0.128. The molecule has 5 rings (SSSR count). The largest absolute Gasteiger partial charge is 0.326 e. The summed E-state index contributed by atoms with van der Waals surface area (Å²) in [4.78, 5) is 37.0. The number of thioether (sulfide) groups is 1. The fourth-order valence-corrected chi connectivity index (χ4v) is 5.11. The number of benzene rings is 3. The molecule has 0 spiro atoms. The molecule has 0 bridgehead atoms. The Morgan fingerprint density at radius 2 is 1.77 bits per heavy atom. The Morgan fingerprint density at radius 1 is 1.00 bits per heavy atom. The molecular weight excluding hydrogens is 456 g/mol. The Balaban J connectivity index is 1.35. The molecule has 3 aromatic carbocycles. The van der Waals surface area contributed by atoms with Crippen LogP contribution in [0.3, 0.4) is 0 Å². The van der Waals surface area contributed by atoms with Crippen LogP contribution in [0.2, 0.25) is 0 Å². The number of para-hydroxylation sites is 1. The molecule has 2 heterocycles. The third-order valence-electron chi connectivity index (χ3n) is 5.80. The molecule has 1 N–H and O–H groups in total. The summed E-state index contributed by atoms with van der Waals surface area (Å²) in [5, 5.41) is 5.13. The maximum absolute atomic E-state index is 13.4.